The van der Waals surface area contributed by atoms with E-state index in [-0.39, 0.29) is 5.57 Å². The van der Waals surface area contributed by atoms with Crippen LogP contribution in [0.5, 0.6) is 5.88 Å². The van der Waals surface area contributed by atoms with Crippen molar-refractivity contribution in [1.29, 1.82) is 5.26 Å². The van der Waals surface area contributed by atoms with Crippen molar-refractivity contribution in [2.24, 2.45) is 0 Å². The zero-order valence-corrected chi connectivity index (χ0v) is 19.1. The third-order valence-electron chi connectivity index (χ3n) is 5.86. The standard InChI is InChI=1S/C24H27F2N5O2/c1-6-7-17(10-14(2)24(25,26)16(4)32)15(3)30-20-18-11-19(23(12-27)8-9-23)22(33-5)31-21(18)29-13-28-20/h6-7,10-11,13,15-16,32H,1,8-9H2,2-5H3,(H,28,29,30,31)/b14-10+,17-7+/t15-,16-/m1/s1. The van der Waals surface area contributed by atoms with Gasteiger partial charge in [0.05, 0.1) is 24.0 Å². The minimum atomic E-state index is -3.37. The molecule has 0 aliphatic heterocycles. The quantitative estimate of drug-likeness (QED) is 0.538. The van der Waals surface area contributed by atoms with E-state index < -0.39 is 23.5 Å². The Kier molecular flexibility index (Phi) is 6.79. The maximum absolute atomic E-state index is 14.2. The van der Waals surface area contributed by atoms with E-state index in [0.717, 1.165) is 6.92 Å². The molecule has 2 aromatic rings. The highest BCUT2D eigenvalue weighted by Gasteiger charge is 2.47. The number of ether oxygens (including phenoxy) is 1. The average molecular weight is 456 g/mol. The van der Waals surface area contributed by atoms with E-state index in [9.17, 15) is 19.1 Å². The molecule has 0 spiro atoms. The predicted octanol–water partition coefficient (Wildman–Crippen LogP) is 4.46. The molecule has 0 bridgehead atoms. The number of anilines is 1. The summed E-state index contributed by atoms with van der Waals surface area (Å²) in [5, 5.41) is 22.9. The molecule has 0 saturated heterocycles. The van der Waals surface area contributed by atoms with Gasteiger partial charge in [0.1, 0.15) is 18.2 Å². The molecule has 1 aliphatic carbocycles. The Hall–Kier alpha value is -3.38. The Morgan fingerprint density at radius 3 is 2.64 bits per heavy atom. The smallest absolute Gasteiger partial charge is 0.294 e. The molecule has 0 amide bonds. The molecule has 1 fully saturated rings. The summed E-state index contributed by atoms with van der Waals surface area (Å²) in [6.07, 6.45) is 5.41. The van der Waals surface area contributed by atoms with Gasteiger partial charge in [-0.05, 0) is 50.8 Å². The molecule has 2 aromatic heterocycles. The number of allylic oxidation sites excluding steroid dienone is 2. The van der Waals surface area contributed by atoms with E-state index in [1.54, 1.807) is 13.0 Å². The Labute approximate surface area is 191 Å². The third kappa shape index (κ3) is 4.71. The molecule has 174 valence electrons. The second kappa shape index (κ2) is 9.24. The number of methoxy groups -OCH3 is 1. The first-order valence-corrected chi connectivity index (χ1v) is 10.5. The van der Waals surface area contributed by atoms with Crippen LogP contribution < -0.4 is 10.1 Å². The minimum absolute atomic E-state index is 0.273. The Bertz CT molecular complexity index is 1160. The number of nitrogens with one attached hydrogen (secondary N) is 1. The highest BCUT2D eigenvalue weighted by molar-refractivity contribution is 5.88. The lowest BCUT2D eigenvalue weighted by Crippen LogP contribution is -2.32. The van der Waals surface area contributed by atoms with Crippen molar-refractivity contribution in [3.63, 3.8) is 0 Å². The van der Waals surface area contributed by atoms with Crippen molar-refractivity contribution in [2.45, 2.75) is 57.1 Å². The summed E-state index contributed by atoms with van der Waals surface area (Å²) in [4.78, 5) is 13.0. The highest BCUT2D eigenvalue weighted by atomic mass is 19.3. The molecule has 1 saturated carbocycles. The lowest BCUT2D eigenvalue weighted by molar-refractivity contribution is -0.0688. The van der Waals surface area contributed by atoms with Gasteiger partial charge in [-0.2, -0.15) is 19.0 Å². The number of pyridine rings is 1. The van der Waals surface area contributed by atoms with Crippen LogP contribution in [0.15, 0.2) is 48.3 Å². The molecule has 0 radical (unpaired) electrons. The van der Waals surface area contributed by atoms with Crippen LogP contribution in [0.25, 0.3) is 11.0 Å². The van der Waals surface area contributed by atoms with E-state index in [1.807, 2.05) is 6.07 Å². The number of rotatable bonds is 9. The summed E-state index contributed by atoms with van der Waals surface area (Å²) in [5.41, 5.74) is 0.679. The summed E-state index contributed by atoms with van der Waals surface area (Å²) in [6.45, 7) is 7.79. The largest absolute Gasteiger partial charge is 0.481 e. The van der Waals surface area contributed by atoms with Crippen molar-refractivity contribution in [3.05, 3.63) is 53.9 Å². The van der Waals surface area contributed by atoms with Gasteiger partial charge in [-0.1, -0.05) is 24.8 Å². The molecule has 2 atom stereocenters. The van der Waals surface area contributed by atoms with Gasteiger partial charge >= 0.3 is 0 Å². The van der Waals surface area contributed by atoms with Gasteiger partial charge in [0.2, 0.25) is 5.88 Å². The minimum Gasteiger partial charge on any atom is -0.481 e. The molecule has 0 aromatic carbocycles. The fourth-order valence-electron chi connectivity index (χ4n) is 3.57. The lowest BCUT2D eigenvalue weighted by Gasteiger charge is -2.23. The van der Waals surface area contributed by atoms with Crippen LogP contribution in [0.4, 0.5) is 14.6 Å². The first kappa shape index (κ1) is 24.3. The second-order valence-electron chi connectivity index (χ2n) is 8.23. The maximum Gasteiger partial charge on any atom is 0.294 e. The third-order valence-corrected chi connectivity index (χ3v) is 5.86. The van der Waals surface area contributed by atoms with Crippen LogP contribution in [-0.2, 0) is 5.41 Å². The molecular weight excluding hydrogens is 428 g/mol. The molecule has 2 N–H and O–H groups in total. The highest BCUT2D eigenvalue weighted by Crippen LogP contribution is 2.51. The molecule has 3 rings (SSSR count). The normalized spacial score (nSPS) is 17.8. The fraction of sp³-hybridized carbons (Fsp3) is 0.417. The first-order chi connectivity index (χ1) is 15.6. The van der Waals surface area contributed by atoms with Crippen molar-refractivity contribution in [2.75, 3.05) is 12.4 Å². The molecule has 1 aliphatic rings. The molecule has 33 heavy (non-hydrogen) atoms. The van der Waals surface area contributed by atoms with Gasteiger partial charge in [0.15, 0.2) is 5.65 Å². The number of alkyl halides is 2. The summed E-state index contributed by atoms with van der Waals surface area (Å²) < 4.78 is 33.9. The number of nitriles is 1. The predicted molar refractivity (Wildman–Crippen MR) is 122 cm³/mol. The number of nitrogens with zero attached hydrogens (tertiary/aromatic N) is 4. The zero-order valence-electron chi connectivity index (χ0n) is 19.1. The van der Waals surface area contributed by atoms with Gasteiger partial charge in [0, 0.05) is 11.6 Å². The summed E-state index contributed by atoms with van der Waals surface area (Å²) in [5.74, 6) is -2.57. The van der Waals surface area contributed by atoms with E-state index in [2.05, 4.69) is 32.9 Å². The van der Waals surface area contributed by atoms with Crippen molar-refractivity contribution < 1.29 is 18.6 Å². The molecule has 7 nitrogen and oxygen atoms in total. The Morgan fingerprint density at radius 1 is 1.39 bits per heavy atom. The van der Waals surface area contributed by atoms with E-state index >= 15 is 0 Å². The molecule has 2 heterocycles. The van der Waals surface area contributed by atoms with Crippen molar-refractivity contribution in [3.8, 4) is 11.9 Å². The van der Waals surface area contributed by atoms with Gasteiger partial charge in [-0.25, -0.2) is 9.97 Å². The van der Waals surface area contributed by atoms with Crippen LogP contribution in [0.3, 0.4) is 0 Å². The lowest BCUT2D eigenvalue weighted by atomic mass is 9.97. The van der Waals surface area contributed by atoms with Crippen LogP contribution >= 0.6 is 0 Å². The number of aromatic nitrogens is 3. The van der Waals surface area contributed by atoms with Crippen molar-refractivity contribution in [1.82, 2.24) is 15.0 Å². The van der Waals surface area contributed by atoms with Gasteiger partial charge < -0.3 is 15.2 Å². The number of aliphatic hydroxyl groups is 1. The first-order valence-electron chi connectivity index (χ1n) is 10.5. The average Bonchev–Trinajstić information content (AvgIpc) is 3.59. The second-order valence-corrected chi connectivity index (χ2v) is 8.23. The molecule has 9 heteroatoms. The Morgan fingerprint density at radius 2 is 2.09 bits per heavy atom. The molecule has 0 unspecified atom stereocenters. The zero-order chi connectivity index (χ0) is 24.4. The topological polar surface area (TPSA) is 104 Å². The number of fused-ring (bicyclic) bond motifs is 1. The van der Waals surface area contributed by atoms with E-state index in [4.69, 9.17) is 4.74 Å². The summed E-state index contributed by atoms with van der Waals surface area (Å²) in [6, 6.07) is 3.71. The van der Waals surface area contributed by atoms with E-state index in [1.165, 1.54) is 32.5 Å². The van der Waals surface area contributed by atoms with Crippen LogP contribution in [0.1, 0.15) is 39.2 Å². The summed E-state index contributed by atoms with van der Waals surface area (Å²) in [7, 11) is 1.50. The van der Waals surface area contributed by atoms with Crippen LogP contribution in [-0.4, -0.2) is 45.2 Å². The number of aliphatic hydroxyl groups excluding tert-OH is 1. The van der Waals surface area contributed by atoms with Crippen LogP contribution in [0, 0.1) is 11.3 Å². The number of hydrogen-bond acceptors (Lipinski definition) is 7. The molecular formula is C24H27F2N5O2. The maximum atomic E-state index is 14.2. The SMILES string of the molecule is C=C/C=C(\C=C(/C)C(F)(F)[C@@H](C)O)[C@@H](C)Nc1ncnc2nc(OC)c(C3(C#N)CC3)cc12. The summed E-state index contributed by atoms with van der Waals surface area (Å²) >= 11 is 0. The fourth-order valence-corrected chi connectivity index (χ4v) is 3.57. The number of halogens is 2. The monoisotopic (exact) mass is 455 g/mol. The number of hydrogen-bond donors (Lipinski definition) is 2. The van der Waals surface area contributed by atoms with E-state index in [0.29, 0.717) is 46.7 Å². The van der Waals surface area contributed by atoms with Crippen molar-refractivity contribution >= 4 is 16.9 Å². The van der Waals surface area contributed by atoms with Crippen LogP contribution in [0.2, 0.25) is 0 Å². The Balaban J connectivity index is 2.01. The van der Waals surface area contributed by atoms with Gasteiger partial charge in [0.25, 0.3) is 5.92 Å². The van der Waals surface area contributed by atoms with Gasteiger partial charge in [-0.3, -0.25) is 0 Å². The van der Waals surface area contributed by atoms with Gasteiger partial charge in [-0.15, -0.1) is 0 Å².